The first-order valence-corrected chi connectivity index (χ1v) is 9.92. The fraction of sp³-hybridized carbons (Fsp3) is 0.238. The third-order valence-corrected chi connectivity index (χ3v) is 5.59. The van der Waals surface area contributed by atoms with Crippen molar-refractivity contribution in [2.75, 3.05) is 7.05 Å². The van der Waals surface area contributed by atoms with E-state index in [0.29, 0.717) is 18.8 Å². The molecule has 138 valence electrons. The van der Waals surface area contributed by atoms with Crippen LogP contribution in [0.4, 0.5) is 0 Å². The Labute approximate surface area is 162 Å². The van der Waals surface area contributed by atoms with Crippen molar-refractivity contribution in [3.63, 3.8) is 0 Å². The van der Waals surface area contributed by atoms with Crippen molar-refractivity contribution in [1.82, 2.24) is 19.0 Å². The van der Waals surface area contributed by atoms with Crippen LogP contribution < -0.4 is 0 Å². The summed E-state index contributed by atoms with van der Waals surface area (Å²) in [5.74, 6) is 0.914. The molecule has 0 saturated heterocycles. The zero-order valence-corrected chi connectivity index (χ0v) is 16.3. The summed E-state index contributed by atoms with van der Waals surface area (Å²) in [6.45, 7) is 4.12. The fourth-order valence-electron chi connectivity index (χ4n) is 3.39. The van der Waals surface area contributed by atoms with Crippen LogP contribution in [0.15, 0.2) is 60.1 Å². The van der Waals surface area contributed by atoms with Gasteiger partial charge in [-0.25, -0.2) is 4.98 Å². The number of hydrogen-bond acceptors (Lipinski definition) is 3. The molecule has 1 aromatic carbocycles. The molecular formula is C21H22N4OS. The molecule has 3 aromatic heterocycles. The van der Waals surface area contributed by atoms with Crippen LogP contribution >= 0.6 is 11.3 Å². The molecule has 3 heterocycles. The minimum absolute atomic E-state index is 0.00580. The number of hydrogen-bond donors (Lipinski definition) is 0. The molecule has 6 heteroatoms. The average molecular weight is 379 g/mol. The molecule has 0 aliphatic carbocycles. The number of nitrogens with zero attached hydrogens (tertiary/aromatic N) is 4. The van der Waals surface area contributed by atoms with E-state index in [2.05, 4.69) is 29.0 Å². The normalized spacial score (nSPS) is 11.2. The number of imidazole rings is 1. The van der Waals surface area contributed by atoms with E-state index in [4.69, 9.17) is 4.98 Å². The molecule has 0 spiro atoms. The van der Waals surface area contributed by atoms with Gasteiger partial charge in [-0.3, -0.25) is 4.79 Å². The zero-order valence-electron chi connectivity index (χ0n) is 15.5. The summed E-state index contributed by atoms with van der Waals surface area (Å²) in [6.07, 6.45) is 1.96. The standard InChI is InChI=1S/C21H22N4OS/c1-3-25-18-10-5-4-9-17(18)22-20(25)15-23(2)21(26)19-11-6-12-24(19)14-16-8-7-13-27-16/h4-13H,3,14-15H2,1-2H3. The van der Waals surface area contributed by atoms with Crippen molar-refractivity contribution >= 4 is 28.3 Å². The summed E-state index contributed by atoms with van der Waals surface area (Å²) >= 11 is 1.70. The summed E-state index contributed by atoms with van der Waals surface area (Å²) < 4.78 is 4.18. The van der Waals surface area contributed by atoms with Gasteiger partial charge < -0.3 is 14.0 Å². The first-order chi connectivity index (χ1) is 13.2. The summed E-state index contributed by atoms with van der Waals surface area (Å²) in [7, 11) is 1.84. The van der Waals surface area contributed by atoms with Gasteiger partial charge >= 0.3 is 0 Å². The molecule has 27 heavy (non-hydrogen) atoms. The van der Waals surface area contributed by atoms with E-state index in [-0.39, 0.29) is 5.91 Å². The third kappa shape index (κ3) is 3.40. The van der Waals surface area contributed by atoms with Crippen LogP contribution in [0.1, 0.15) is 28.1 Å². The Morgan fingerprint density at radius 1 is 1.15 bits per heavy atom. The number of carbonyl (C=O) groups excluding carboxylic acids is 1. The minimum Gasteiger partial charge on any atom is -0.338 e. The van der Waals surface area contributed by atoms with Crippen LogP contribution in [0.25, 0.3) is 11.0 Å². The van der Waals surface area contributed by atoms with Crippen molar-refractivity contribution in [2.24, 2.45) is 0 Å². The number of aryl methyl sites for hydroxylation is 1. The molecule has 0 saturated carbocycles. The van der Waals surface area contributed by atoms with Crippen molar-refractivity contribution in [3.05, 3.63) is 76.5 Å². The smallest absolute Gasteiger partial charge is 0.270 e. The maximum atomic E-state index is 13.0. The maximum Gasteiger partial charge on any atom is 0.270 e. The Hall–Kier alpha value is -2.86. The molecule has 0 fully saturated rings. The predicted molar refractivity (Wildman–Crippen MR) is 109 cm³/mol. The van der Waals surface area contributed by atoms with Gasteiger partial charge in [0.1, 0.15) is 11.5 Å². The van der Waals surface area contributed by atoms with Gasteiger partial charge in [0.05, 0.1) is 24.1 Å². The van der Waals surface area contributed by atoms with Crippen LogP contribution in [0, 0.1) is 0 Å². The van der Waals surface area contributed by atoms with Gasteiger partial charge in [0.15, 0.2) is 0 Å². The van der Waals surface area contributed by atoms with Crippen molar-refractivity contribution in [1.29, 1.82) is 0 Å². The molecule has 1 amide bonds. The molecule has 0 aliphatic heterocycles. The zero-order chi connectivity index (χ0) is 18.8. The van der Waals surface area contributed by atoms with Crippen LogP contribution in [-0.4, -0.2) is 32.0 Å². The van der Waals surface area contributed by atoms with Gasteiger partial charge in [-0.1, -0.05) is 18.2 Å². The monoisotopic (exact) mass is 378 g/mol. The summed E-state index contributed by atoms with van der Waals surface area (Å²) in [4.78, 5) is 20.8. The number of para-hydroxylation sites is 2. The van der Waals surface area contributed by atoms with E-state index >= 15 is 0 Å². The van der Waals surface area contributed by atoms with Crippen molar-refractivity contribution < 1.29 is 4.79 Å². The van der Waals surface area contributed by atoms with Gasteiger partial charge in [0.2, 0.25) is 0 Å². The molecule has 0 radical (unpaired) electrons. The number of thiophene rings is 1. The Morgan fingerprint density at radius 2 is 2.00 bits per heavy atom. The van der Waals surface area contributed by atoms with E-state index in [9.17, 15) is 4.79 Å². The molecule has 5 nitrogen and oxygen atoms in total. The maximum absolute atomic E-state index is 13.0. The van der Waals surface area contributed by atoms with Gasteiger partial charge in [-0.2, -0.15) is 0 Å². The van der Waals surface area contributed by atoms with Gasteiger partial charge in [0.25, 0.3) is 5.91 Å². The summed E-state index contributed by atoms with van der Waals surface area (Å²) in [6, 6.07) is 16.0. The highest BCUT2D eigenvalue weighted by atomic mass is 32.1. The number of carbonyl (C=O) groups is 1. The highest BCUT2D eigenvalue weighted by Crippen LogP contribution is 2.18. The lowest BCUT2D eigenvalue weighted by Crippen LogP contribution is -2.29. The van der Waals surface area contributed by atoms with E-state index in [1.165, 1.54) is 4.88 Å². The molecule has 0 unspecified atom stereocenters. The fourth-order valence-corrected chi connectivity index (χ4v) is 4.10. The highest BCUT2D eigenvalue weighted by molar-refractivity contribution is 7.09. The van der Waals surface area contributed by atoms with E-state index in [1.807, 2.05) is 54.2 Å². The van der Waals surface area contributed by atoms with Crippen LogP contribution in [-0.2, 0) is 19.6 Å². The Balaban J connectivity index is 1.56. The second-order valence-corrected chi connectivity index (χ2v) is 7.56. The number of rotatable bonds is 6. The van der Waals surface area contributed by atoms with E-state index in [0.717, 1.165) is 23.4 Å². The first-order valence-electron chi connectivity index (χ1n) is 9.04. The van der Waals surface area contributed by atoms with Crippen LogP contribution in [0.5, 0.6) is 0 Å². The van der Waals surface area contributed by atoms with Gasteiger partial charge in [-0.15, -0.1) is 11.3 Å². The lowest BCUT2D eigenvalue weighted by atomic mass is 10.3. The molecular weight excluding hydrogens is 356 g/mol. The SMILES string of the molecule is CCn1c(CN(C)C(=O)c2cccn2Cc2cccs2)nc2ccccc21. The Bertz CT molecular complexity index is 1060. The number of amides is 1. The summed E-state index contributed by atoms with van der Waals surface area (Å²) in [5, 5.41) is 2.06. The second kappa shape index (κ2) is 7.40. The molecule has 4 aromatic rings. The lowest BCUT2D eigenvalue weighted by molar-refractivity contribution is 0.0770. The quantitative estimate of drug-likeness (QED) is 0.504. The third-order valence-electron chi connectivity index (χ3n) is 4.73. The topological polar surface area (TPSA) is 43.1 Å². The van der Waals surface area contributed by atoms with E-state index in [1.54, 1.807) is 16.2 Å². The first kappa shape index (κ1) is 17.5. The summed E-state index contributed by atoms with van der Waals surface area (Å²) in [5.41, 5.74) is 2.78. The Kier molecular flexibility index (Phi) is 4.81. The number of fused-ring (bicyclic) bond motifs is 1. The molecule has 0 N–H and O–H groups in total. The lowest BCUT2D eigenvalue weighted by Gasteiger charge is -2.18. The molecule has 0 bridgehead atoms. The van der Waals surface area contributed by atoms with Gasteiger partial charge in [0, 0.05) is 24.7 Å². The largest absolute Gasteiger partial charge is 0.338 e. The van der Waals surface area contributed by atoms with Crippen molar-refractivity contribution in [2.45, 2.75) is 26.6 Å². The Morgan fingerprint density at radius 3 is 2.78 bits per heavy atom. The van der Waals surface area contributed by atoms with Gasteiger partial charge in [-0.05, 0) is 42.6 Å². The van der Waals surface area contributed by atoms with Crippen LogP contribution in [0.3, 0.4) is 0 Å². The number of aromatic nitrogens is 3. The molecule has 0 atom stereocenters. The molecule has 0 aliphatic rings. The average Bonchev–Trinajstić information content (AvgIpc) is 3.41. The highest BCUT2D eigenvalue weighted by Gasteiger charge is 2.19. The van der Waals surface area contributed by atoms with E-state index < -0.39 is 0 Å². The van der Waals surface area contributed by atoms with Crippen molar-refractivity contribution in [3.8, 4) is 0 Å². The predicted octanol–water partition coefficient (Wildman–Crippen LogP) is 4.24. The van der Waals surface area contributed by atoms with Crippen LogP contribution in [0.2, 0.25) is 0 Å². The minimum atomic E-state index is 0.00580. The number of benzene rings is 1. The molecule has 4 rings (SSSR count). The second-order valence-electron chi connectivity index (χ2n) is 6.52.